The topological polar surface area (TPSA) is 38.0 Å². The van der Waals surface area contributed by atoms with Gasteiger partial charge in [0.2, 0.25) is 0 Å². The van der Waals surface area contributed by atoms with Crippen molar-refractivity contribution in [2.75, 3.05) is 0 Å². The van der Waals surface area contributed by atoms with Crippen molar-refractivity contribution in [1.82, 2.24) is 5.32 Å². The highest BCUT2D eigenvalue weighted by Crippen LogP contribution is 2.67. The molecule has 28 heavy (non-hydrogen) atoms. The van der Waals surface area contributed by atoms with Gasteiger partial charge in [0.25, 0.3) is 0 Å². The number of nitrogens with two attached hydrogens (primary N) is 1. The summed E-state index contributed by atoms with van der Waals surface area (Å²) in [5.41, 5.74) is 9.92. The maximum Gasteiger partial charge on any atom is 0.0818 e. The largest absolute Gasteiger partial charge is 0.376 e. The van der Waals surface area contributed by atoms with Gasteiger partial charge >= 0.3 is 0 Å². The molecule has 0 spiro atoms. The Kier molecular flexibility index (Phi) is 4.67. The molecule has 0 aromatic heterocycles. The summed E-state index contributed by atoms with van der Waals surface area (Å²) in [4.78, 5) is 1.18. The van der Waals surface area contributed by atoms with Gasteiger partial charge < -0.3 is 11.1 Å². The highest BCUT2D eigenvalue weighted by atomic mass is 32.1. The van der Waals surface area contributed by atoms with E-state index in [0.717, 1.165) is 12.8 Å². The van der Waals surface area contributed by atoms with E-state index in [2.05, 4.69) is 48.6 Å². The quantitative estimate of drug-likeness (QED) is 0.542. The first kappa shape index (κ1) is 18.8. The first-order valence-electron chi connectivity index (χ1n) is 11.3. The van der Waals surface area contributed by atoms with Gasteiger partial charge in [0, 0.05) is 17.5 Å². The Labute approximate surface area is 175 Å². The van der Waals surface area contributed by atoms with Crippen molar-refractivity contribution in [3.63, 3.8) is 0 Å². The Balaban J connectivity index is 1.44. The zero-order valence-corrected chi connectivity index (χ0v) is 17.9. The molecular formula is C25H34N2S. The molecule has 1 aromatic carbocycles. The molecule has 0 saturated heterocycles. The van der Waals surface area contributed by atoms with Crippen LogP contribution >= 0.6 is 12.2 Å². The zero-order chi connectivity index (χ0) is 19.4. The molecule has 0 heterocycles. The van der Waals surface area contributed by atoms with Gasteiger partial charge in [-0.1, -0.05) is 54.2 Å². The molecule has 2 unspecified atom stereocenters. The Bertz CT molecular complexity index is 757. The lowest BCUT2D eigenvalue weighted by molar-refractivity contribution is 0.00554. The van der Waals surface area contributed by atoms with Crippen molar-refractivity contribution in [2.45, 2.75) is 82.2 Å². The van der Waals surface area contributed by atoms with E-state index in [1.807, 2.05) is 0 Å². The first-order chi connectivity index (χ1) is 13.5. The van der Waals surface area contributed by atoms with E-state index in [1.165, 1.54) is 49.9 Å². The Morgan fingerprint density at radius 3 is 2.29 bits per heavy atom. The van der Waals surface area contributed by atoms with Crippen LogP contribution in [-0.2, 0) is 5.41 Å². The summed E-state index contributed by atoms with van der Waals surface area (Å²) in [6.45, 7) is 2.25. The zero-order valence-electron chi connectivity index (χ0n) is 17.1. The fourth-order valence-electron chi connectivity index (χ4n) is 7.41. The number of thiocarbonyl (C=S) groups is 1. The number of allylic oxidation sites excluding steroid dienone is 2. The monoisotopic (exact) mass is 394 g/mol. The molecule has 3 N–H and O–H groups in total. The lowest BCUT2D eigenvalue weighted by atomic mass is 9.41. The molecule has 0 aliphatic heterocycles. The van der Waals surface area contributed by atoms with Crippen LogP contribution in [0.3, 0.4) is 0 Å². The van der Waals surface area contributed by atoms with Crippen LogP contribution in [0.1, 0.15) is 70.3 Å². The average molecular weight is 395 g/mol. The van der Waals surface area contributed by atoms with Crippen LogP contribution < -0.4 is 11.1 Å². The first-order valence-corrected chi connectivity index (χ1v) is 11.7. The number of hydrogen-bond donors (Lipinski definition) is 2. The summed E-state index contributed by atoms with van der Waals surface area (Å²) >= 11 is 6.17. The Morgan fingerprint density at radius 1 is 1.04 bits per heavy atom. The van der Waals surface area contributed by atoms with Gasteiger partial charge in [-0.25, -0.2) is 0 Å². The van der Waals surface area contributed by atoms with E-state index >= 15 is 0 Å². The molecule has 5 aliphatic rings. The second-order valence-corrected chi connectivity index (χ2v) is 10.6. The van der Waals surface area contributed by atoms with Gasteiger partial charge in [-0.2, -0.15) is 0 Å². The van der Waals surface area contributed by atoms with Crippen LogP contribution in [0.25, 0.3) is 0 Å². The highest BCUT2D eigenvalue weighted by molar-refractivity contribution is 7.80. The summed E-state index contributed by atoms with van der Waals surface area (Å²) in [7, 11) is 0. The van der Waals surface area contributed by atoms with E-state index in [0.29, 0.717) is 29.3 Å². The van der Waals surface area contributed by atoms with Crippen LogP contribution in [0.5, 0.6) is 0 Å². The van der Waals surface area contributed by atoms with Crippen molar-refractivity contribution < 1.29 is 0 Å². The lowest BCUT2D eigenvalue weighted by Gasteiger charge is -2.63. The predicted molar refractivity (Wildman–Crippen MR) is 120 cm³/mol. The molecule has 150 valence electrons. The maximum atomic E-state index is 6.17. The molecular weight excluding hydrogens is 360 g/mol. The third-order valence-electron chi connectivity index (χ3n) is 8.48. The van der Waals surface area contributed by atoms with Crippen molar-refractivity contribution in [3.05, 3.63) is 47.5 Å². The molecule has 0 amide bonds. The van der Waals surface area contributed by atoms with Crippen molar-refractivity contribution >= 4 is 17.2 Å². The third kappa shape index (κ3) is 2.97. The van der Waals surface area contributed by atoms with Gasteiger partial charge in [0.1, 0.15) is 0 Å². The number of nitrogens with one attached hydrogen (secondary N) is 1. The summed E-state index contributed by atoms with van der Waals surface area (Å²) < 4.78 is 0. The molecule has 2 atom stereocenters. The van der Waals surface area contributed by atoms with Crippen molar-refractivity contribution in [2.24, 2.45) is 23.0 Å². The molecule has 3 heteroatoms. The number of hydrogen-bond acceptors (Lipinski definition) is 2. The maximum absolute atomic E-state index is 6.17. The van der Waals surface area contributed by atoms with Crippen LogP contribution in [0.2, 0.25) is 0 Å². The van der Waals surface area contributed by atoms with Crippen LogP contribution in [0.15, 0.2) is 42.0 Å². The van der Waals surface area contributed by atoms with Crippen LogP contribution in [0.4, 0.5) is 0 Å². The van der Waals surface area contributed by atoms with Crippen molar-refractivity contribution in [1.29, 1.82) is 0 Å². The summed E-state index contributed by atoms with van der Waals surface area (Å²) in [6.07, 6.45) is 13.4. The lowest BCUT2D eigenvalue weighted by Crippen LogP contribution is -2.60. The van der Waals surface area contributed by atoms with E-state index in [1.54, 1.807) is 11.1 Å². The predicted octanol–water partition coefficient (Wildman–Crippen LogP) is 5.27. The Morgan fingerprint density at radius 2 is 1.68 bits per heavy atom. The number of benzene rings is 1. The summed E-state index contributed by atoms with van der Waals surface area (Å²) in [5, 5.41) is 3.85. The Hall–Kier alpha value is -1.19. The fourth-order valence-corrected chi connectivity index (χ4v) is 7.81. The molecule has 5 saturated carbocycles. The summed E-state index contributed by atoms with van der Waals surface area (Å²) in [5.74, 6) is 1.43. The molecule has 0 radical (unpaired) electrons. The second kappa shape index (κ2) is 6.95. The fraction of sp³-hybridized carbons (Fsp3) is 0.640. The molecule has 6 rings (SSSR count). The van der Waals surface area contributed by atoms with Crippen LogP contribution in [-0.4, -0.2) is 17.1 Å². The minimum Gasteiger partial charge on any atom is -0.376 e. The van der Waals surface area contributed by atoms with Gasteiger partial charge in [-0.3, -0.25) is 0 Å². The van der Waals surface area contributed by atoms with E-state index in [-0.39, 0.29) is 5.41 Å². The smallest absolute Gasteiger partial charge is 0.0818 e. The molecule has 4 bridgehead atoms. The highest BCUT2D eigenvalue weighted by Gasteiger charge is 2.61. The summed E-state index contributed by atoms with van der Waals surface area (Å²) in [6, 6.07) is 12.3. The van der Waals surface area contributed by atoms with E-state index in [9.17, 15) is 0 Å². The van der Waals surface area contributed by atoms with Gasteiger partial charge in [0.15, 0.2) is 0 Å². The average Bonchev–Trinajstić information content (AvgIpc) is 2.70. The van der Waals surface area contributed by atoms with Gasteiger partial charge in [0.05, 0.1) is 4.99 Å². The minimum absolute atomic E-state index is 0.198. The minimum atomic E-state index is 0.198. The van der Waals surface area contributed by atoms with E-state index in [4.69, 9.17) is 18.0 Å². The standard InChI is InChI=1S/C25H34N2S/c1-2-22-17-12-24(19-6-4-3-5-7-19)13-18(22)15-25(14-17,16-24)23(28)27-21-10-8-20(26)9-11-21/h2-7,17-18,20-21H,8-16,26H2,1H3,(H,27,28)/t17?,18?,20-,21-,24?,25?. The third-order valence-corrected chi connectivity index (χ3v) is 9.03. The second-order valence-electron chi connectivity index (χ2n) is 10.2. The number of rotatable bonds is 3. The van der Waals surface area contributed by atoms with Crippen LogP contribution in [0, 0.1) is 17.3 Å². The molecule has 5 fully saturated rings. The molecule has 5 aliphatic carbocycles. The normalized spacial score (nSPS) is 41.7. The molecule has 2 nitrogen and oxygen atoms in total. The van der Waals surface area contributed by atoms with Gasteiger partial charge in [-0.15, -0.1) is 0 Å². The van der Waals surface area contributed by atoms with E-state index < -0.39 is 0 Å². The van der Waals surface area contributed by atoms with Gasteiger partial charge in [-0.05, 0) is 87.5 Å². The SMILES string of the molecule is CC=C1C2CC3(C(=S)N[C@H]4CC[C@H](N)CC4)CC1CC(c1ccccc1)(C2)C3. The van der Waals surface area contributed by atoms with Crippen molar-refractivity contribution in [3.8, 4) is 0 Å². The molecule has 1 aromatic rings.